The Balaban J connectivity index is 1.94. The number of nitrogens with one attached hydrogen (secondary N) is 2. The number of carbonyl (C=O) groups excluding carboxylic acids is 1. The van der Waals surface area contributed by atoms with Gasteiger partial charge in [0, 0.05) is 25.0 Å². The zero-order chi connectivity index (χ0) is 13.7. The summed E-state index contributed by atoms with van der Waals surface area (Å²) in [6, 6.07) is 2.13. The number of carbonyl (C=O) groups is 1. The first-order valence-electron chi connectivity index (χ1n) is 6.69. The smallest absolute Gasteiger partial charge is 0.255 e. The number of hydrazine groups is 1. The molecule has 4 N–H and O–H groups in total. The minimum atomic E-state index is -0.135. The normalized spacial score (nSPS) is 19.4. The Morgan fingerprint density at radius 3 is 3.21 bits per heavy atom. The largest absolute Gasteiger partial charge is 0.350 e. The summed E-state index contributed by atoms with van der Waals surface area (Å²) in [7, 11) is 0. The second-order valence-corrected chi connectivity index (χ2v) is 4.70. The number of nitrogens with two attached hydrogens (primary N) is 1. The summed E-state index contributed by atoms with van der Waals surface area (Å²) < 4.78 is 0. The third-order valence-electron chi connectivity index (χ3n) is 3.62. The lowest BCUT2D eigenvalue weighted by Crippen LogP contribution is -2.40. The van der Waals surface area contributed by atoms with Gasteiger partial charge in [0.05, 0.1) is 11.3 Å². The molecule has 1 saturated heterocycles. The van der Waals surface area contributed by atoms with Gasteiger partial charge in [-0.05, 0) is 32.0 Å². The molecule has 6 nitrogen and oxygen atoms in total. The van der Waals surface area contributed by atoms with Gasteiger partial charge in [-0.25, -0.2) is 0 Å². The van der Waals surface area contributed by atoms with E-state index < -0.39 is 0 Å². The number of hydrogen-bond donors (Lipinski definition) is 3. The molecule has 2 heterocycles. The van der Waals surface area contributed by atoms with Crippen molar-refractivity contribution in [1.29, 1.82) is 0 Å². The molecule has 0 bridgehead atoms. The topological polar surface area (TPSA) is 83.3 Å². The number of nitrogens with zero attached hydrogens (tertiary/aromatic N) is 2. The van der Waals surface area contributed by atoms with Gasteiger partial charge in [0.15, 0.2) is 0 Å². The van der Waals surface area contributed by atoms with Gasteiger partial charge in [-0.2, -0.15) is 0 Å². The van der Waals surface area contributed by atoms with E-state index in [9.17, 15) is 4.79 Å². The van der Waals surface area contributed by atoms with Crippen molar-refractivity contribution >= 4 is 11.6 Å². The molecule has 104 valence electrons. The number of pyridine rings is 1. The summed E-state index contributed by atoms with van der Waals surface area (Å²) in [5.74, 6) is 5.25. The summed E-state index contributed by atoms with van der Waals surface area (Å²) in [6.07, 6.45) is 5.47. The second-order valence-electron chi connectivity index (χ2n) is 4.70. The number of hydrogen-bond acceptors (Lipinski definition) is 5. The Morgan fingerprint density at radius 2 is 2.47 bits per heavy atom. The molecule has 0 aromatic carbocycles. The Kier molecular flexibility index (Phi) is 4.70. The third kappa shape index (κ3) is 3.21. The highest BCUT2D eigenvalue weighted by Crippen LogP contribution is 2.16. The molecular weight excluding hydrogens is 242 g/mol. The molecule has 1 aliphatic rings. The molecule has 1 fully saturated rings. The van der Waals surface area contributed by atoms with E-state index in [-0.39, 0.29) is 5.91 Å². The molecule has 1 amide bonds. The Labute approximate surface area is 113 Å². The minimum Gasteiger partial charge on any atom is -0.350 e. The molecule has 1 aromatic rings. The van der Waals surface area contributed by atoms with Crippen LogP contribution in [-0.2, 0) is 0 Å². The quantitative estimate of drug-likeness (QED) is 0.535. The molecule has 0 saturated carbocycles. The number of anilines is 1. The van der Waals surface area contributed by atoms with Gasteiger partial charge in [-0.1, -0.05) is 6.92 Å². The van der Waals surface area contributed by atoms with Crippen LogP contribution in [0.25, 0.3) is 0 Å². The molecule has 1 unspecified atom stereocenters. The SMILES string of the molecule is CCN1CCCC1CNC(=O)c1cnccc1NN. The van der Waals surface area contributed by atoms with E-state index in [2.05, 4.69) is 27.6 Å². The summed E-state index contributed by atoms with van der Waals surface area (Å²) >= 11 is 0. The molecular formula is C13H21N5O. The maximum atomic E-state index is 12.1. The van der Waals surface area contributed by atoms with Crippen molar-refractivity contribution in [2.45, 2.75) is 25.8 Å². The van der Waals surface area contributed by atoms with Crippen LogP contribution in [0.2, 0.25) is 0 Å². The first kappa shape index (κ1) is 13.8. The van der Waals surface area contributed by atoms with Crippen LogP contribution in [0.3, 0.4) is 0 Å². The van der Waals surface area contributed by atoms with E-state index in [1.807, 2.05) is 0 Å². The van der Waals surface area contributed by atoms with E-state index in [0.29, 0.717) is 23.8 Å². The van der Waals surface area contributed by atoms with Crippen LogP contribution in [0.5, 0.6) is 0 Å². The number of aromatic nitrogens is 1. The Morgan fingerprint density at radius 1 is 1.63 bits per heavy atom. The fourth-order valence-electron chi connectivity index (χ4n) is 2.55. The molecule has 19 heavy (non-hydrogen) atoms. The predicted octanol–water partition coefficient (Wildman–Crippen LogP) is 0.581. The van der Waals surface area contributed by atoms with E-state index in [1.165, 1.54) is 12.6 Å². The average Bonchev–Trinajstić information content (AvgIpc) is 2.92. The monoisotopic (exact) mass is 263 g/mol. The molecule has 2 rings (SSSR count). The van der Waals surface area contributed by atoms with Crippen LogP contribution in [0.1, 0.15) is 30.1 Å². The first-order valence-corrected chi connectivity index (χ1v) is 6.69. The highest BCUT2D eigenvalue weighted by atomic mass is 16.1. The van der Waals surface area contributed by atoms with Crippen molar-refractivity contribution < 1.29 is 4.79 Å². The van der Waals surface area contributed by atoms with E-state index in [1.54, 1.807) is 12.3 Å². The maximum Gasteiger partial charge on any atom is 0.255 e. The van der Waals surface area contributed by atoms with Crippen LogP contribution < -0.4 is 16.6 Å². The van der Waals surface area contributed by atoms with Gasteiger partial charge in [0.2, 0.25) is 0 Å². The van der Waals surface area contributed by atoms with Crippen LogP contribution in [0.15, 0.2) is 18.5 Å². The van der Waals surface area contributed by atoms with Gasteiger partial charge in [-0.15, -0.1) is 0 Å². The Hall–Kier alpha value is -1.66. The second kappa shape index (κ2) is 6.49. The summed E-state index contributed by atoms with van der Waals surface area (Å²) in [6.45, 7) is 4.98. The van der Waals surface area contributed by atoms with Crippen molar-refractivity contribution in [2.75, 3.05) is 25.1 Å². The fraction of sp³-hybridized carbons (Fsp3) is 0.538. The standard InChI is InChI=1S/C13H21N5O/c1-2-18-7-3-4-10(18)8-16-13(19)11-9-15-6-5-12(11)17-14/h5-6,9-10H,2-4,7-8,14H2,1H3,(H,15,17)(H,16,19). The van der Waals surface area contributed by atoms with Crippen molar-refractivity contribution in [2.24, 2.45) is 5.84 Å². The van der Waals surface area contributed by atoms with Crippen LogP contribution in [0.4, 0.5) is 5.69 Å². The highest BCUT2D eigenvalue weighted by Gasteiger charge is 2.23. The van der Waals surface area contributed by atoms with Crippen LogP contribution in [-0.4, -0.2) is 41.5 Å². The lowest BCUT2D eigenvalue weighted by Gasteiger charge is -2.23. The van der Waals surface area contributed by atoms with Gasteiger partial charge >= 0.3 is 0 Å². The lowest BCUT2D eigenvalue weighted by molar-refractivity contribution is 0.0942. The molecule has 0 aliphatic carbocycles. The zero-order valence-corrected chi connectivity index (χ0v) is 11.2. The van der Waals surface area contributed by atoms with Crippen molar-refractivity contribution in [3.05, 3.63) is 24.0 Å². The minimum absolute atomic E-state index is 0.135. The molecule has 0 spiro atoms. The van der Waals surface area contributed by atoms with E-state index in [4.69, 9.17) is 5.84 Å². The highest BCUT2D eigenvalue weighted by molar-refractivity contribution is 5.99. The number of rotatable bonds is 5. The van der Waals surface area contributed by atoms with Gasteiger partial charge in [0.1, 0.15) is 0 Å². The predicted molar refractivity (Wildman–Crippen MR) is 74.6 cm³/mol. The third-order valence-corrected chi connectivity index (χ3v) is 3.62. The molecule has 1 atom stereocenters. The number of amides is 1. The van der Waals surface area contributed by atoms with Gasteiger partial charge in [-0.3, -0.25) is 20.5 Å². The molecule has 6 heteroatoms. The lowest BCUT2D eigenvalue weighted by atomic mass is 10.2. The van der Waals surface area contributed by atoms with Crippen molar-refractivity contribution in [3.63, 3.8) is 0 Å². The molecule has 1 aliphatic heterocycles. The zero-order valence-electron chi connectivity index (χ0n) is 11.2. The number of likely N-dealkylation sites (tertiary alicyclic amines) is 1. The maximum absolute atomic E-state index is 12.1. The van der Waals surface area contributed by atoms with Gasteiger partial charge < -0.3 is 10.7 Å². The van der Waals surface area contributed by atoms with E-state index >= 15 is 0 Å². The summed E-state index contributed by atoms with van der Waals surface area (Å²) in [5, 5.41) is 2.96. The van der Waals surface area contributed by atoms with Crippen molar-refractivity contribution in [3.8, 4) is 0 Å². The van der Waals surface area contributed by atoms with Crippen molar-refractivity contribution in [1.82, 2.24) is 15.2 Å². The summed E-state index contributed by atoms with van der Waals surface area (Å²) in [5.41, 5.74) is 3.58. The summed E-state index contributed by atoms with van der Waals surface area (Å²) in [4.78, 5) is 18.5. The van der Waals surface area contributed by atoms with Crippen LogP contribution in [0, 0.1) is 0 Å². The van der Waals surface area contributed by atoms with Crippen LogP contribution >= 0.6 is 0 Å². The number of likely N-dealkylation sites (N-methyl/N-ethyl adjacent to an activating group) is 1. The Bertz CT molecular complexity index is 437. The average molecular weight is 263 g/mol. The molecule has 1 aromatic heterocycles. The first-order chi connectivity index (χ1) is 9.26. The molecule has 0 radical (unpaired) electrons. The number of nitrogen functional groups attached to an aromatic ring is 1. The fourth-order valence-corrected chi connectivity index (χ4v) is 2.55. The van der Waals surface area contributed by atoms with Gasteiger partial charge in [0.25, 0.3) is 5.91 Å². The van der Waals surface area contributed by atoms with E-state index in [0.717, 1.165) is 19.5 Å².